The Hall–Kier alpha value is -2.77. The Morgan fingerprint density at radius 1 is 1.14 bits per heavy atom. The molecule has 1 N–H and O–H groups in total. The largest absolute Gasteiger partial charge is 0.484 e. The van der Waals surface area contributed by atoms with E-state index in [2.05, 4.69) is 46.7 Å². The molecule has 144 valence electrons. The predicted molar refractivity (Wildman–Crippen MR) is 109 cm³/mol. The number of nitrogens with zero attached hydrogens (tertiary/aromatic N) is 2. The molecule has 1 aliphatic rings. The van der Waals surface area contributed by atoms with E-state index in [1.54, 1.807) is 0 Å². The number of nitrogens with one attached hydrogen (secondary N) is 1. The Morgan fingerprint density at radius 3 is 2.54 bits per heavy atom. The molecule has 1 aromatic heterocycles. The topological polar surface area (TPSA) is 73.3 Å². The molecule has 6 nitrogen and oxygen atoms in total. The van der Waals surface area contributed by atoms with Gasteiger partial charge in [0, 0.05) is 6.61 Å². The molecule has 0 bridgehead atoms. The van der Waals surface area contributed by atoms with Gasteiger partial charge in [0.05, 0.1) is 0 Å². The highest BCUT2D eigenvalue weighted by Gasteiger charge is 2.22. The summed E-state index contributed by atoms with van der Waals surface area (Å²) in [6, 6.07) is 16.0. The summed E-state index contributed by atoms with van der Waals surface area (Å²) in [5.74, 6) is 0.376. The Morgan fingerprint density at radius 2 is 1.86 bits per heavy atom. The van der Waals surface area contributed by atoms with Crippen LogP contribution in [-0.4, -0.2) is 29.3 Å². The normalized spacial score (nSPS) is 16.1. The van der Waals surface area contributed by atoms with Crippen molar-refractivity contribution in [3.05, 3.63) is 59.1 Å². The zero-order chi connectivity index (χ0) is 19.3. The fourth-order valence-corrected chi connectivity index (χ4v) is 3.83. The van der Waals surface area contributed by atoms with Crippen LogP contribution in [-0.2, 0) is 9.53 Å². The lowest BCUT2D eigenvalue weighted by Gasteiger charge is -2.07. The average Bonchev–Trinajstić information content (AvgIpc) is 3.39. The summed E-state index contributed by atoms with van der Waals surface area (Å²) in [4.78, 5) is 12.1. The van der Waals surface area contributed by atoms with E-state index in [9.17, 15) is 4.79 Å². The van der Waals surface area contributed by atoms with E-state index in [1.165, 1.54) is 16.9 Å². The van der Waals surface area contributed by atoms with Crippen LogP contribution in [0.15, 0.2) is 48.5 Å². The first kappa shape index (κ1) is 18.6. The number of amides is 1. The minimum atomic E-state index is -0.266. The highest BCUT2D eigenvalue weighted by atomic mass is 32.1. The van der Waals surface area contributed by atoms with Crippen molar-refractivity contribution < 1.29 is 14.3 Å². The Kier molecular flexibility index (Phi) is 5.64. The fourth-order valence-electron chi connectivity index (χ4n) is 2.98. The third-order valence-corrected chi connectivity index (χ3v) is 5.43. The van der Waals surface area contributed by atoms with Crippen LogP contribution >= 0.6 is 11.3 Å². The van der Waals surface area contributed by atoms with Crippen molar-refractivity contribution >= 4 is 22.4 Å². The van der Waals surface area contributed by atoms with E-state index in [4.69, 9.17) is 9.47 Å². The van der Waals surface area contributed by atoms with Crippen LogP contribution in [0.4, 0.5) is 5.13 Å². The maximum Gasteiger partial charge on any atom is 0.264 e. The molecule has 0 aliphatic carbocycles. The number of hydrogen-bond acceptors (Lipinski definition) is 6. The number of ether oxygens (including phenoxy) is 2. The smallest absolute Gasteiger partial charge is 0.264 e. The van der Waals surface area contributed by atoms with Gasteiger partial charge in [-0.25, -0.2) is 0 Å². The first-order chi connectivity index (χ1) is 13.7. The second-order valence-corrected chi connectivity index (χ2v) is 7.68. The van der Waals surface area contributed by atoms with Gasteiger partial charge in [0.2, 0.25) is 5.13 Å². The first-order valence-corrected chi connectivity index (χ1v) is 10.0. The van der Waals surface area contributed by atoms with Crippen molar-refractivity contribution in [3.63, 3.8) is 0 Å². The molecule has 0 saturated carbocycles. The van der Waals surface area contributed by atoms with Gasteiger partial charge in [-0.2, -0.15) is 0 Å². The lowest BCUT2D eigenvalue weighted by molar-refractivity contribution is -0.118. The standard InChI is InChI=1S/C21H21N3O3S/c1-14-4-6-15(7-5-14)16-8-10-17(11-9-16)27-13-19(25)22-21-24-23-20(28-21)18-3-2-12-26-18/h4-11,18H,2-3,12-13H2,1H3,(H,22,24,25)/t18-/m1/s1. The Bertz CT molecular complexity index is 932. The molecule has 28 heavy (non-hydrogen) atoms. The average molecular weight is 395 g/mol. The zero-order valence-corrected chi connectivity index (χ0v) is 16.4. The van der Waals surface area contributed by atoms with Crippen LogP contribution in [0.5, 0.6) is 5.75 Å². The SMILES string of the molecule is Cc1ccc(-c2ccc(OCC(=O)Nc3nnc([C@H]4CCCO4)s3)cc2)cc1. The van der Waals surface area contributed by atoms with Crippen LogP contribution < -0.4 is 10.1 Å². The number of aryl methyl sites for hydroxylation is 1. The summed E-state index contributed by atoms with van der Waals surface area (Å²) < 4.78 is 11.2. The summed E-state index contributed by atoms with van der Waals surface area (Å²) in [6.07, 6.45) is 1.98. The van der Waals surface area contributed by atoms with E-state index in [0.29, 0.717) is 10.9 Å². The number of carbonyl (C=O) groups excluding carboxylic acids is 1. The second kappa shape index (κ2) is 8.50. The number of benzene rings is 2. The molecule has 2 heterocycles. The maximum atomic E-state index is 12.1. The molecule has 1 fully saturated rings. The maximum absolute atomic E-state index is 12.1. The molecule has 7 heteroatoms. The summed E-state index contributed by atoms with van der Waals surface area (Å²) in [7, 11) is 0. The van der Waals surface area contributed by atoms with Crippen LogP contribution in [0, 0.1) is 6.92 Å². The third kappa shape index (κ3) is 4.55. The van der Waals surface area contributed by atoms with E-state index < -0.39 is 0 Å². The van der Waals surface area contributed by atoms with Gasteiger partial charge in [-0.3, -0.25) is 10.1 Å². The number of aromatic nitrogens is 2. The highest BCUT2D eigenvalue weighted by Crippen LogP contribution is 2.31. The molecular weight excluding hydrogens is 374 g/mol. The molecule has 1 saturated heterocycles. The van der Waals surface area contributed by atoms with Gasteiger partial charge < -0.3 is 9.47 Å². The van der Waals surface area contributed by atoms with Gasteiger partial charge >= 0.3 is 0 Å². The molecule has 1 aliphatic heterocycles. The third-order valence-electron chi connectivity index (χ3n) is 4.50. The summed E-state index contributed by atoms with van der Waals surface area (Å²) in [5.41, 5.74) is 3.48. The number of anilines is 1. The molecule has 0 spiro atoms. The summed E-state index contributed by atoms with van der Waals surface area (Å²) in [6.45, 7) is 2.73. The lowest BCUT2D eigenvalue weighted by Crippen LogP contribution is -2.20. The monoisotopic (exact) mass is 395 g/mol. The van der Waals surface area contributed by atoms with Gasteiger partial charge in [0.1, 0.15) is 16.9 Å². The molecule has 0 radical (unpaired) electrons. The van der Waals surface area contributed by atoms with Gasteiger partial charge in [-0.15, -0.1) is 10.2 Å². The van der Waals surface area contributed by atoms with Crippen molar-refractivity contribution in [1.82, 2.24) is 10.2 Å². The Labute approximate surface area is 167 Å². The van der Waals surface area contributed by atoms with E-state index in [0.717, 1.165) is 35.6 Å². The van der Waals surface area contributed by atoms with Crippen molar-refractivity contribution in [2.45, 2.75) is 25.9 Å². The van der Waals surface area contributed by atoms with Gasteiger partial charge in [0.25, 0.3) is 5.91 Å². The Balaban J connectivity index is 1.29. The predicted octanol–water partition coefficient (Wildman–Crippen LogP) is 4.38. The molecule has 1 amide bonds. The van der Waals surface area contributed by atoms with Crippen molar-refractivity contribution in [2.24, 2.45) is 0 Å². The zero-order valence-electron chi connectivity index (χ0n) is 15.6. The number of rotatable bonds is 6. The van der Waals surface area contributed by atoms with E-state index in [1.807, 2.05) is 24.3 Å². The second-order valence-electron chi connectivity index (χ2n) is 6.67. The van der Waals surface area contributed by atoms with Crippen molar-refractivity contribution in [3.8, 4) is 16.9 Å². The van der Waals surface area contributed by atoms with Crippen molar-refractivity contribution in [1.29, 1.82) is 0 Å². The van der Waals surface area contributed by atoms with Crippen LogP contribution in [0.2, 0.25) is 0 Å². The van der Waals surface area contributed by atoms with Gasteiger partial charge in [-0.05, 0) is 43.0 Å². The van der Waals surface area contributed by atoms with E-state index >= 15 is 0 Å². The van der Waals surface area contributed by atoms with Crippen LogP contribution in [0.25, 0.3) is 11.1 Å². The minimum absolute atomic E-state index is 0.00597. The lowest BCUT2D eigenvalue weighted by atomic mass is 10.0. The van der Waals surface area contributed by atoms with Gasteiger partial charge in [0.15, 0.2) is 6.61 Å². The number of carbonyl (C=O) groups is 1. The quantitative estimate of drug-likeness (QED) is 0.670. The molecule has 2 aromatic carbocycles. The molecule has 0 unspecified atom stereocenters. The molecule has 1 atom stereocenters. The fraction of sp³-hybridized carbons (Fsp3) is 0.286. The molecule has 4 rings (SSSR count). The minimum Gasteiger partial charge on any atom is -0.484 e. The van der Waals surface area contributed by atoms with Gasteiger partial charge in [-0.1, -0.05) is 53.3 Å². The first-order valence-electron chi connectivity index (χ1n) is 9.22. The van der Waals surface area contributed by atoms with E-state index in [-0.39, 0.29) is 18.6 Å². The highest BCUT2D eigenvalue weighted by molar-refractivity contribution is 7.15. The van der Waals surface area contributed by atoms with Crippen LogP contribution in [0.3, 0.4) is 0 Å². The van der Waals surface area contributed by atoms with Crippen molar-refractivity contribution in [2.75, 3.05) is 18.5 Å². The molecular formula is C21H21N3O3S. The number of hydrogen-bond donors (Lipinski definition) is 1. The molecule has 3 aromatic rings. The summed E-state index contributed by atoms with van der Waals surface area (Å²) in [5, 5.41) is 12.1. The summed E-state index contributed by atoms with van der Waals surface area (Å²) >= 11 is 1.35. The van der Waals surface area contributed by atoms with Crippen LogP contribution in [0.1, 0.15) is 29.5 Å².